The average molecular weight is 283 g/mol. The second kappa shape index (κ2) is 6.54. The summed E-state index contributed by atoms with van der Waals surface area (Å²) in [7, 11) is 0. The van der Waals surface area contributed by atoms with Gasteiger partial charge in [0.05, 0.1) is 5.69 Å². The van der Waals surface area contributed by atoms with E-state index in [9.17, 15) is 13.6 Å². The van der Waals surface area contributed by atoms with Crippen LogP contribution in [0.1, 0.15) is 13.3 Å². The molecule has 1 fully saturated rings. The highest BCUT2D eigenvalue weighted by molar-refractivity contribution is 5.74. The molecule has 1 aliphatic heterocycles. The lowest BCUT2D eigenvalue weighted by molar-refractivity contribution is 0.194. The first kappa shape index (κ1) is 14.6. The van der Waals surface area contributed by atoms with Gasteiger partial charge in [-0.2, -0.15) is 0 Å². The number of halogens is 2. The van der Waals surface area contributed by atoms with Crippen LogP contribution in [0.5, 0.6) is 0 Å². The van der Waals surface area contributed by atoms with Crippen molar-refractivity contribution in [2.45, 2.75) is 13.3 Å². The van der Waals surface area contributed by atoms with Crippen LogP contribution >= 0.6 is 0 Å². The first-order valence-electron chi connectivity index (χ1n) is 6.84. The summed E-state index contributed by atoms with van der Waals surface area (Å²) in [5.74, 6) is -1.14. The predicted molar refractivity (Wildman–Crippen MR) is 73.8 cm³/mol. The normalized spacial score (nSPS) is 15.3. The molecule has 1 heterocycles. The highest BCUT2D eigenvalue weighted by atomic mass is 19.1. The molecule has 1 aromatic rings. The number of amides is 2. The van der Waals surface area contributed by atoms with Crippen molar-refractivity contribution in [1.29, 1.82) is 0 Å². The van der Waals surface area contributed by atoms with Crippen LogP contribution in [0.4, 0.5) is 19.3 Å². The van der Waals surface area contributed by atoms with E-state index in [4.69, 9.17) is 0 Å². The van der Waals surface area contributed by atoms with Gasteiger partial charge in [-0.25, -0.2) is 13.6 Å². The molecule has 1 aromatic carbocycles. The molecule has 2 amide bonds. The Bertz CT molecular complexity index is 473. The van der Waals surface area contributed by atoms with Crippen molar-refractivity contribution in [2.75, 3.05) is 37.6 Å². The zero-order valence-corrected chi connectivity index (χ0v) is 11.5. The Kier molecular flexibility index (Phi) is 4.76. The topological polar surface area (TPSA) is 35.6 Å². The second-order valence-electron chi connectivity index (χ2n) is 4.80. The molecule has 0 aromatic heterocycles. The van der Waals surface area contributed by atoms with Crippen molar-refractivity contribution in [3.05, 3.63) is 29.8 Å². The number of nitrogens with zero attached hydrogens (tertiary/aromatic N) is 2. The molecular formula is C14H19F2N3O. The van der Waals surface area contributed by atoms with E-state index in [1.165, 1.54) is 12.1 Å². The highest BCUT2D eigenvalue weighted by Gasteiger charge is 2.22. The smallest absolute Gasteiger partial charge is 0.317 e. The van der Waals surface area contributed by atoms with Gasteiger partial charge in [-0.1, -0.05) is 6.92 Å². The van der Waals surface area contributed by atoms with Crippen LogP contribution in [0.3, 0.4) is 0 Å². The number of nitrogens with one attached hydrogen (secondary N) is 1. The summed E-state index contributed by atoms with van der Waals surface area (Å²) < 4.78 is 26.6. The number of benzene rings is 1. The standard InChI is InChI=1S/C14H19F2N3O/c1-2-5-17-14(20)19-8-6-18(7-9-19)13-4-3-11(15)10-12(13)16/h3-4,10H,2,5-9H2,1H3,(H,17,20). The summed E-state index contributed by atoms with van der Waals surface area (Å²) in [5, 5.41) is 2.82. The van der Waals surface area contributed by atoms with E-state index in [0.29, 0.717) is 38.4 Å². The number of urea groups is 1. The molecule has 4 nitrogen and oxygen atoms in total. The molecule has 2 rings (SSSR count). The van der Waals surface area contributed by atoms with E-state index in [1.54, 1.807) is 4.90 Å². The quantitative estimate of drug-likeness (QED) is 0.923. The van der Waals surface area contributed by atoms with Gasteiger partial charge < -0.3 is 15.1 Å². The zero-order valence-electron chi connectivity index (χ0n) is 11.5. The highest BCUT2D eigenvalue weighted by Crippen LogP contribution is 2.21. The number of anilines is 1. The number of hydrogen-bond acceptors (Lipinski definition) is 2. The van der Waals surface area contributed by atoms with E-state index in [0.717, 1.165) is 12.5 Å². The first-order chi connectivity index (χ1) is 9.61. The molecule has 0 aliphatic carbocycles. The molecule has 0 saturated carbocycles. The van der Waals surface area contributed by atoms with Crippen molar-refractivity contribution in [3.63, 3.8) is 0 Å². The van der Waals surface area contributed by atoms with Gasteiger partial charge in [0.25, 0.3) is 0 Å². The van der Waals surface area contributed by atoms with Gasteiger partial charge in [0, 0.05) is 38.8 Å². The fraction of sp³-hybridized carbons (Fsp3) is 0.500. The predicted octanol–water partition coefficient (Wildman–Crippen LogP) is 2.21. The minimum absolute atomic E-state index is 0.0777. The second-order valence-corrected chi connectivity index (χ2v) is 4.80. The third-order valence-electron chi connectivity index (χ3n) is 3.34. The van der Waals surface area contributed by atoms with E-state index in [2.05, 4.69) is 5.32 Å². The molecule has 6 heteroatoms. The lowest BCUT2D eigenvalue weighted by Crippen LogP contribution is -2.52. The van der Waals surface area contributed by atoms with Crippen molar-refractivity contribution in [2.24, 2.45) is 0 Å². The molecule has 0 spiro atoms. The molecule has 20 heavy (non-hydrogen) atoms. The van der Waals surface area contributed by atoms with E-state index in [-0.39, 0.29) is 6.03 Å². The van der Waals surface area contributed by atoms with Crippen LogP contribution in [0.2, 0.25) is 0 Å². The molecule has 1 aliphatic rings. The Balaban J connectivity index is 1.92. The van der Waals surface area contributed by atoms with E-state index in [1.807, 2.05) is 11.8 Å². The van der Waals surface area contributed by atoms with Crippen LogP contribution in [0.25, 0.3) is 0 Å². The Hall–Kier alpha value is -1.85. The van der Waals surface area contributed by atoms with Crippen LogP contribution in [0, 0.1) is 11.6 Å². The van der Waals surface area contributed by atoms with Gasteiger partial charge in [-0.3, -0.25) is 0 Å². The molecule has 1 N–H and O–H groups in total. The maximum atomic E-state index is 13.7. The molecule has 0 atom stereocenters. The zero-order chi connectivity index (χ0) is 14.5. The number of carbonyl (C=O) groups is 1. The van der Waals surface area contributed by atoms with Gasteiger partial charge in [0.1, 0.15) is 11.6 Å². The molecule has 0 bridgehead atoms. The lowest BCUT2D eigenvalue weighted by atomic mass is 10.2. The minimum Gasteiger partial charge on any atom is -0.366 e. The first-order valence-corrected chi connectivity index (χ1v) is 6.84. The van der Waals surface area contributed by atoms with Crippen molar-refractivity contribution in [1.82, 2.24) is 10.2 Å². The van der Waals surface area contributed by atoms with Gasteiger partial charge in [0.15, 0.2) is 0 Å². The van der Waals surface area contributed by atoms with Gasteiger partial charge >= 0.3 is 6.03 Å². The number of carbonyl (C=O) groups excluding carboxylic acids is 1. The van der Waals surface area contributed by atoms with Crippen LogP contribution in [0.15, 0.2) is 18.2 Å². The summed E-state index contributed by atoms with van der Waals surface area (Å²) in [6, 6.07) is 3.50. The monoisotopic (exact) mass is 283 g/mol. The fourth-order valence-electron chi connectivity index (χ4n) is 2.23. The summed E-state index contributed by atoms with van der Waals surface area (Å²) in [6.07, 6.45) is 0.895. The summed E-state index contributed by atoms with van der Waals surface area (Å²) in [5.41, 5.74) is 0.389. The molecule has 0 radical (unpaired) electrons. The van der Waals surface area contributed by atoms with Crippen molar-refractivity contribution in [3.8, 4) is 0 Å². The van der Waals surface area contributed by atoms with Crippen LogP contribution in [-0.4, -0.2) is 43.7 Å². The van der Waals surface area contributed by atoms with Crippen LogP contribution < -0.4 is 10.2 Å². The Morgan fingerprint density at radius 2 is 1.95 bits per heavy atom. The third kappa shape index (κ3) is 3.37. The molecular weight excluding hydrogens is 264 g/mol. The van der Waals surface area contributed by atoms with Gasteiger partial charge in [0.2, 0.25) is 0 Å². The SMILES string of the molecule is CCCNC(=O)N1CCN(c2ccc(F)cc2F)CC1. The Morgan fingerprint density at radius 1 is 1.25 bits per heavy atom. The van der Waals surface area contributed by atoms with Gasteiger partial charge in [-0.05, 0) is 18.6 Å². The number of rotatable bonds is 3. The maximum absolute atomic E-state index is 13.7. The van der Waals surface area contributed by atoms with Crippen molar-refractivity contribution < 1.29 is 13.6 Å². The van der Waals surface area contributed by atoms with Crippen LogP contribution in [-0.2, 0) is 0 Å². The minimum atomic E-state index is -0.580. The summed E-state index contributed by atoms with van der Waals surface area (Å²) >= 11 is 0. The number of hydrogen-bond donors (Lipinski definition) is 1. The molecule has 1 saturated heterocycles. The fourth-order valence-corrected chi connectivity index (χ4v) is 2.23. The number of piperazine rings is 1. The third-order valence-corrected chi connectivity index (χ3v) is 3.34. The van der Waals surface area contributed by atoms with E-state index < -0.39 is 11.6 Å². The lowest BCUT2D eigenvalue weighted by Gasteiger charge is -2.36. The molecule has 0 unspecified atom stereocenters. The van der Waals surface area contributed by atoms with E-state index >= 15 is 0 Å². The maximum Gasteiger partial charge on any atom is 0.317 e. The van der Waals surface area contributed by atoms with Gasteiger partial charge in [-0.15, -0.1) is 0 Å². The Labute approximate surface area is 117 Å². The largest absolute Gasteiger partial charge is 0.366 e. The Morgan fingerprint density at radius 3 is 2.55 bits per heavy atom. The molecule has 110 valence electrons. The summed E-state index contributed by atoms with van der Waals surface area (Å²) in [6.45, 7) is 4.81. The summed E-state index contributed by atoms with van der Waals surface area (Å²) in [4.78, 5) is 15.3. The van der Waals surface area contributed by atoms with Crippen molar-refractivity contribution >= 4 is 11.7 Å². The average Bonchev–Trinajstić information content (AvgIpc) is 2.45.